The van der Waals surface area contributed by atoms with Crippen LogP contribution in [0.1, 0.15) is 30.0 Å². The van der Waals surface area contributed by atoms with E-state index in [0.717, 1.165) is 34.9 Å². The second-order valence-corrected chi connectivity index (χ2v) is 9.66. The number of pyridine rings is 2. The SMILES string of the molecule is CN(CC(F)(F)F)c1cc(-c2cc(F)c(NC(=O)N3[C@H]4CC[C@@H]3c3c[nH]c(=O)cc3C4)cc2Cl)ccn1. The van der Waals surface area contributed by atoms with Crippen molar-refractivity contribution in [3.8, 4) is 11.1 Å². The van der Waals surface area contributed by atoms with Crippen LogP contribution < -0.4 is 15.8 Å². The van der Waals surface area contributed by atoms with Gasteiger partial charge in [-0.2, -0.15) is 13.2 Å². The molecule has 37 heavy (non-hydrogen) atoms. The first-order valence-electron chi connectivity index (χ1n) is 11.5. The van der Waals surface area contributed by atoms with Gasteiger partial charge >= 0.3 is 12.2 Å². The molecule has 12 heteroatoms. The molecule has 1 fully saturated rings. The predicted octanol–water partition coefficient (Wildman–Crippen LogP) is 5.52. The number of nitrogens with zero attached hydrogens (tertiary/aromatic N) is 3. The molecule has 0 saturated carbocycles. The number of urea groups is 1. The molecule has 0 unspecified atom stereocenters. The normalized spacial score (nSPS) is 18.5. The Morgan fingerprint density at radius 1 is 1.27 bits per heavy atom. The van der Waals surface area contributed by atoms with Crippen LogP contribution in [-0.2, 0) is 6.42 Å². The van der Waals surface area contributed by atoms with Gasteiger partial charge in [-0.15, -0.1) is 0 Å². The summed E-state index contributed by atoms with van der Waals surface area (Å²) in [5, 5.41) is 2.72. The average molecular weight is 536 g/mol. The molecule has 1 aromatic carbocycles. The summed E-state index contributed by atoms with van der Waals surface area (Å²) in [6.45, 7) is -1.20. The van der Waals surface area contributed by atoms with Crippen LogP contribution in [0.5, 0.6) is 0 Å². The van der Waals surface area contributed by atoms with Gasteiger partial charge in [0.15, 0.2) is 0 Å². The van der Waals surface area contributed by atoms with E-state index in [9.17, 15) is 22.8 Å². The molecule has 0 radical (unpaired) electrons. The van der Waals surface area contributed by atoms with Gasteiger partial charge in [-0.1, -0.05) is 11.6 Å². The van der Waals surface area contributed by atoms with Crippen molar-refractivity contribution < 1.29 is 22.4 Å². The number of H-pyrrole nitrogens is 1. The molecule has 0 aliphatic carbocycles. The van der Waals surface area contributed by atoms with Crippen LogP contribution in [0.2, 0.25) is 5.02 Å². The Labute approximate surface area is 214 Å². The maximum absolute atomic E-state index is 15.1. The number of halogens is 5. The molecule has 2 aliphatic rings. The van der Waals surface area contributed by atoms with Gasteiger partial charge in [0.05, 0.1) is 16.8 Å². The van der Waals surface area contributed by atoms with Crippen LogP contribution >= 0.6 is 11.6 Å². The van der Waals surface area contributed by atoms with Gasteiger partial charge in [0.25, 0.3) is 0 Å². The molecule has 7 nitrogen and oxygen atoms in total. The van der Waals surface area contributed by atoms with Gasteiger partial charge in [-0.25, -0.2) is 14.2 Å². The van der Waals surface area contributed by atoms with Crippen molar-refractivity contribution in [1.29, 1.82) is 0 Å². The standard InChI is InChI=1S/C25H22ClF4N5O2/c1-34(12-25(28,29)30)22-7-13(4-5-31-22)16-9-19(27)20(10-18(16)26)33-24(37)35-15-2-3-21(35)17-11-32-23(36)8-14(17)6-15/h4-5,7-11,15,21H,2-3,6,12H2,1H3,(H,32,36)(H,33,37)/t15-,21+/m0/s1. The molecule has 194 valence electrons. The Bertz CT molecular complexity index is 1430. The van der Waals surface area contributed by atoms with Crippen molar-refractivity contribution in [2.24, 2.45) is 0 Å². The van der Waals surface area contributed by atoms with Crippen LogP contribution in [0.25, 0.3) is 11.1 Å². The van der Waals surface area contributed by atoms with E-state index in [0.29, 0.717) is 12.0 Å². The summed E-state index contributed by atoms with van der Waals surface area (Å²) < 4.78 is 53.4. The number of carbonyl (C=O) groups excluding carboxylic acids is 1. The number of hydrogen-bond acceptors (Lipinski definition) is 4. The number of nitrogens with one attached hydrogen (secondary N) is 2. The Hall–Kier alpha value is -3.60. The maximum atomic E-state index is 15.1. The van der Waals surface area contributed by atoms with Gasteiger partial charge < -0.3 is 20.1 Å². The number of alkyl halides is 3. The lowest BCUT2D eigenvalue weighted by atomic mass is 9.95. The highest BCUT2D eigenvalue weighted by atomic mass is 35.5. The maximum Gasteiger partial charge on any atom is 0.405 e. The van der Waals surface area contributed by atoms with E-state index >= 15 is 4.39 Å². The van der Waals surface area contributed by atoms with Crippen LogP contribution in [0.15, 0.2) is 47.5 Å². The Morgan fingerprint density at radius 2 is 2.05 bits per heavy atom. The fourth-order valence-electron chi connectivity index (χ4n) is 5.15. The van der Waals surface area contributed by atoms with Crippen LogP contribution in [-0.4, -0.2) is 46.7 Å². The van der Waals surface area contributed by atoms with Crippen molar-refractivity contribution in [2.75, 3.05) is 23.8 Å². The highest BCUT2D eigenvalue weighted by Gasteiger charge is 2.43. The molecule has 2 atom stereocenters. The van der Waals surface area contributed by atoms with E-state index < -0.39 is 24.6 Å². The second kappa shape index (κ2) is 9.37. The summed E-state index contributed by atoms with van der Waals surface area (Å²) in [6, 6.07) is 6.04. The van der Waals surface area contributed by atoms with Crippen molar-refractivity contribution in [2.45, 2.75) is 37.5 Å². The van der Waals surface area contributed by atoms with E-state index in [1.165, 1.54) is 31.4 Å². The van der Waals surface area contributed by atoms with Crippen molar-refractivity contribution in [3.05, 3.63) is 75.0 Å². The zero-order chi connectivity index (χ0) is 26.5. The lowest BCUT2D eigenvalue weighted by molar-refractivity contribution is -0.119. The lowest BCUT2D eigenvalue weighted by Crippen LogP contribution is -2.44. The smallest absolute Gasteiger partial charge is 0.351 e. The van der Waals surface area contributed by atoms with Gasteiger partial charge in [-0.05, 0) is 60.2 Å². The number of rotatable bonds is 4. The molecule has 2 N–H and O–H groups in total. The topological polar surface area (TPSA) is 81.3 Å². The third-order valence-corrected chi connectivity index (χ3v) is 7.07. The third kappa shape index (κ3) is 5.00. The number of amides is 2. The van der Waals surface area contributed by atoms with Crippen LogP contribution in [0, 0.1) is 5.82 Å². The molecule has 4 heterocycles. The van der Waals surface area contributed by atoms with Crippen LogP contribution in [0.3, 0.4) is 0 Å². The molecule has 3 aromatic rings. The Balaban J connectivity index is 1.37. The molecular weight excluding hydrogens is 514 g/mol. The average Bonchev–Trinajstić information content (AvgIpc) is 3.15. The van der Waals surface area contributed by atoms with E-state index in [2.05, 4.69) is 15.3 Å². The molecule has 2 aromatic heterocycles. The molecule has 1 saturated heterocycles. The number of hydrogen-bond donors (Lipinski definition) is 2. The molecular formula is C25H22ClF4N5O2. The highest BCUT2D eigenvalue weighted by molar-refractivity contribution is 6.33. The Morgan fingerprint density at radius 3 is 2.81 bits per heavy atom. The molecule has 5 rings (SSSR count). The summed E-state index contributed by atoms with van der Waals surface area (Å²) in [5.74, 6) is -0.699. The largest absolute Gasteiger partial charge is 0.405 e. The molecule has 0 spiro atoms. The highest BCUT2D eigenvalue weighted by Crippen LogP contribution is 2.43. The summed E-state index contributed by atoms with van der Waals surface area (Å²) in [7, 11) is 1.25. The van der Waals surface area contributed by atoms with Crippen LogP contribution in [0.4, 0.5) is 33.9 Å². The van der Waals surface area contributed by atoms with Crippen molar-refractivity contribution in [1.82, 2.24) is 14.9 Å². The van der Waals surface area contributed by atoms with Gasteiger partial charge in [0, 0.05) is 37.1 Å². The minimum absolute atomic E-state index is 0.0471. The van der Waals surface area contributed by atoms with Gasteiger partial charge in [0.2, 0.25) is 5.56 Å². The minimum atomic E-state index is -4.41. The zero-order valence-corrected chi connectivity index (χ0v) is 20.3. The van der Waals surface area contributed by atoms with Gasteiger partial charge in [-0.3, -0.25) is 4.79 Å². The molecule has 2 amide bonds. The quantitative estimate of drug-likeness (QED) is 0.431. The molecule has 2 bridgehead atoms. The number of aromatic amines is 1. The van der Waals surface area contributed by atoms with Gasteiger partial charge in [0.1, 0.15) is 18.2 Å². The van der Waals surface area contributed by atoms with E-state index in [4.69, 9.17) is 11.6 Å². The second-order valence-electron chi connectivity index (χ2n) is 9.25. The summed E-state index contributed by atoms with van der Waals surface area (Å²) in [5.41, 5.74) is 2.10. The fourth-order valence-corrected chi connectivity index (χ4v) is 5.42. The number of benzene rings is 1. The monoisotopic (exact) mass is 535 g/mol. The fraction of sp³-hybridized carbons (Fsp3) is 0.320. The van der Waals surface area contributed by atoms with E-state index in [-0.39, 0.29) is 39.7 Å². The van der Waals surface area contributed by atoms with E-state index in [1.54, 1.807) is 17.2 Å². The third-order valence-electron chi connectivity index (χ3n) is 6.76. The number of anilines is 2. The summed E-state index contributed by atoms with van der Waals surface area (Å²) >= 11 is 6.42. The number of aromatic nitrogens is 2. The minimum Gasteiger partial charge on any atom is -0.351 e. The summed E-state index contributed by atoms with van der Waals surface area (Å²) in [4.78, 5) is 34.1. The predicted molar refractivity (Wildman–Crippen MR) is 131 cm³/mol. The lowest BCUT2D eigenvalue weighted by Gasteiger charge is -2.36. The van der Waals surface area contributed by atoms with E-state index in [1.807, 2.05) is 0 Å². The first kappa shape index (κ1) is 25.1. The molecule has 2 aliphatic heterocycles. The Kier molecular flexibility index (Phi) is 6.35. The van der Waals surface area contributed by atoms with Crippen molar-refractivity contribution in [3.63, 3.8) is 0 Å². The number of carbonyl (C=O) groups is 1. The zero-order valence-electron chi connectivity index (χ0n) is 19.6. The first-order valence-corrected chi connectivity index (χ1v) is 11.9. The first-order chi connectivity index (χ1) is 17.5. The summed E-state index contributed by atoms with van der Waals surface area (Å²) in [6.07, 6.45) is 0.564. The van der Waals surface area contributed by atoms with Crippen molar-refractivity contribution >= 4 is 29.1 Å². The number of fused-ring (bicyclic) bond motifs is 4.